The summed E-state index contributed by atoms with van der Waals surface area (Å²) in [5, 5.41) is 3.44. The summed E-state index contributed by atoms with van der Waals surface area (Å²) in [6.07, 6.45) is 2.41. The summed E-state index contributed by atoms with van der Waals surface area (Å²) < 4.78 is 3.51. The van der Waals surface area contributed by atoms with Crippen LogP contribution in [0, 0.1) is 0 Å². The average Bonchev–Trinajstić information content (AvgIpc) is 2.65. The normalized spacial score (nSPS) is 20.4. The maximum atomic E-state index is 12.0. The van der Waals surface area contributed by atoms with Crippen molar-refractivity contribution in [2.75, 3.05) is 13.1 Å². The van der Waals surface area contributed by atoms with E-state index in [-0.39, 0.29) is 5.69 Å². The number of aryl methyl sites for hydroxylation is 2. The molecule has 1 aliphatic heterocycles. The zero-order chi connectivity index (χ0) is 12.7. The van der Waals surface area contributed by atoms with Crippen molar-refractivity contribution in [2.24, 2.45) is 14.1 Å². The van der Waals surface area contributed by atoms with Gasteiger partial charge in [0, 0.05) is 20.6 Å². The Morgan fingerprint density at radius 2 is 2.11 bits per heavy atom. The lowest BCUT2D eigenvalue weighted by atomic mass is 9.91. The van der Waals surface area contributed by atoms with E-state index in [0.717, 1.165) is 24.1 Å². The Balaban J connectivity index is 2.23. The molecular weight excluding hydrogens is 226 g/mol. The number of piperidine rings is 1. The van der Waals surface area contributed by atoms with Crippen molar-refractivity contribution < 1.29 is 0 Å². The number of hydrogen-bond acceptors (Lipinski definition) is 2. The van der Waals surface area contributed by atoms with E-state index in [1.54, 1.807) is 9.13 Å². The monoisotopic (exact) mass is 245 g/mol. The molecule has 96 valence electrons. The van der Waals surface area contributed by atoms with Crippen molar-refractivity contribution in [1.29, 1.82) is 0 Å². The van der Waals surface area contributed by atoms with Gasteiger partial charge in [0.2, 0.25) is 0 Å². The molecule has 0 radical (unpaired) electrons. The number of fused-ring (bicyclic) bond motifs is 1. The van der Waals surface area contributed by atoms with Crippen LogP contribution in [-0.4, -0.2) is 22.2 Å². The second-order valence-electron chi connectivity index (χ2n) is 5.16. The average molecular weight is 245 g/mol. The summed E-state index contributed by atoms with van der Waals surface area (Å²) in [5.41, 5.74) is 3.49. The first-order valence-electron chi connectivity index (χ1n) is 6.55. The molecule has 2 aromatic rings. The quantitative estimate of drug-likeness (QED) is 0.823. The second-order valence-corrected chi connectivity index (χ2v) is 5.16. The highest BCUT2D eigenvalue weighted by atomic mass is 16.1. The zero-order valence-corrected chi connectivity index (χ0v) is 10.9. The van der Waals surface area contributed by atoms with Crippen LogP contribution in [0.2, 0.25) is 0 Å². The zero-order valence-electron chi connectivity index (χ0n) is 10.9. The fourth-order valence-corrected chi connectivity index (χ4v) is 3.06. The van der Waals surface area contributed by atoms with Gasteiger partial charge in [-0.2, -0.15) is 0 Å². The maximum Gasteiger partial charge on any atom is 0.328 e. The Labute approximate surface area is 106 Å². The summed E-state index contributed by atoms with van der Waals surface area (Å²) in [6, 6.07) is 6.25. The van der Waals surface area contributed by atoms with Gasteiger partial charge >= 0.3 is 5.69 Å². The van der Waals surface area contributed by atoms with Crippen molar-refractivity contribution in [2.45, 2.75) is 18.8 Å². The standard InChI is InChI=1S/C14H19N3O/c1-16-12-7-3-6-11(10-5-4-8-15-9-10)13(12)17(2)14(16)18/h3,6-7,10,15H,4-5,8-9H2,1-2H3. The van der Waals surface area contributed by atoms with Crippen LogP contribution >= 0.6 is 0 Å². The smallest absolute Gasteiger partial charge is 0.316 e. The molecule has 18 heavy (non-hydrogen) atoms. The van der Waals surface area contributed by atoms with Crippen molar-refractivity contribution in [3.8, 4) is 0 Å². The molecule has 2 heterocycles. The highest BCUT2D eigenvalue weighted by Crippen LogP contribution is 2.29. The van der Waals surface area contributed by atoms with Gasteiger partial charge in [0.1, 0.15) is 0 Å². The van der Waals surface area contributed by atoms with Gasteiger partial charge in [-0.15, -0.1) is 0 Å². The van der Waals surface area contributed by atoms with Crippen molar-refractivity contribution in [1.82, 2.24) is 14.5 Å². The highest BCUT2D eigenvalue weighted by Gasteiger charge is 2.20. The predicted molar refractivity (Wildman–Crippen MR) is 73.0 cm³/mol. The predicted octanol–water partition coefficient (Wildman–Crippen LogP) is 1.34. The fraction of sp³-hybridized carbons (Fsp3) is 0.500. The summed E-state index contributed by atoms with van der Waals surface area (Å²) in [6.45, 7) is 2.13. The Hall–Kier alpha value is -1.55. The van der Waals surface area contributed by atoms with Crippen molar-refractivity contribution in [3.63, 3.8) is 0 Å². The number of hydrogen-bond donors (Lipinski definition) is 1. The maximum absolute atomic E-state index is 12.0. The number of benzene rings is 1. The summed E-state index contributed by atoms with van der Waals surface area (Å²) in [7, 11) is 3.71. The number of rotatable bonds is 1. The largest absolute Gasteiger partial charge is 0.328 e. The molecule has 1 N–H and O–H groups in total. The molecule has 0 bridgehead atoms. The lowest BCUT2D eigenvalue weighted by molar-refractivity contribution is 0.463. The Bertz CT molecular complexity index is 632. The first-order chi connectivity index (χ1) is 8.70. The molecule has 1 aromatic heterocycles. The van der Waals surface area contributed by atoms with E-state index in [2.05, 4.69) is 17.4 Å². The van der Waals surface area contributed by atoms with Crippen LogP contribution in [-0.2, 0) is 14.1 Å². The van der Waals surface area contributed by atoms with E-state index in [9.17, 15) is 4.79 Å². The summed E-state index contributed by atoms with van der Waals surface area (Å²) >= 11 is 0. The van der Waals surface area contributed by atoms with Gasteiger partial charge < -0.3 is 5.32 Å². The molecule has 1 saturated heterocycles. The lowest BCUT2D eigenvalue weighted by Gasteiger charge is -2.23. The minimum atomic E-state index is 0.0567. The van der Waals surface area contributed by atoms with Gasteiger partial charge in [-0.25, -0.2) is 4.79 Å². The van der Waals surface area contributed by atoms with Gasteiger partial charge in [0.05, 0.1) is 11.0 Å². The van der Waals surface area contributed by atoms with Crippen LogP contribution in [0.15, 0.2) is 23.0 Å². The number of nitrogens with zero attached hydrogens (tertiary/aromatic N) is 2. The minimum absolute atomic E-state index is 0.0567. The van der Waals surface area contributed by atoms with Crippen LogP contribution in [0.5, 0.6) is 0 Å². The van der Waals surface area contributed by atoms with E-state index in [1.807, 2.05) is 20.2 Å². The molecule has 4 nitrogen and oxygen atoms in total. The van der Waals surface area contributed by atoms with E-state index in [1.165, 1.54) is 18.4 Å². The molecule has 4 heteroatoms. The van der Waals surface area contributed by atoms with Gasteiger partial charge in [-0.3, -0.25) is 9.13 Å². The topological polar surface area (TPSA) is 39.0 Å². The molecule has 0 spiro atoms. The van der Waals surface area contributed by atoms with E-state index >= 15 is 0 Å². The number of aromatic nitrogens is 2. The molecule has 0 amide bonds. The van der Waals surface area contributed by atoms with Gasteiger partial charge in [-0.05, 0) is 36.9 Å². The van der Waals surface area contributed by atoms with Crippen LogP contribution < -0.4 is 11.0 Å². The van der Waals surface area contributed by atoms with Gasteiger partial charge in [0.25, 0.3) is 0 Å². The fourth-order valence-electron chi connectivity index (χ4n) is 3.06. The second kappa shape index (κ2) is 4.28. The molecule has 1 aromatic carbocycles. The molecule has 1 atom stereocenters. The van der Waals surface area contributed by atoms with Crippen LogP contribution in [0.4, 0.5) is 0 Å². The van der Waals surface area contributed by atoms with E-state index in [4.69, 9.17) is 0 Å². The van der Waals surface area contributed by atoms with Gasteiger partial charge in [0.15, 0.2) is 0 Å². The van der Waals surface area contributed by atoms with Crippen LogP contribution in [0.3, 0.4) is 0 Å². The number of nitrogens with one attached hydrogen (secondary N) is 1. The molecule has 1 fully saturated rings. The van der Waals surface area contributed by atoms with Crippen molar-refractivity contribution >= 4 is 11.0 Å². The minimum Gasteiger partial charge on any atom is -0.316 e. The first-order valence-corrected chi connectivity index (χ1v) is 6.55. The first kappa shape index (κ1) is 11.5. The Morgan fingerprint density at radius 3 is 2.83 bits per heavy atom. The molecule has 1 aliphatic rings. The summed E-state index contributed by atoms with van der Waals surface area (Å²) in [5.74, 6) is 0.524. The van der Waals surface area contributed by atoms with Gasteiger partial charge in [-0.1, -0.05) is 12.1 Å². The molecule has 3 rings (SSSR count). The Kier molecular flexibility index (Phi) is 2.74. The third-order valence-electron chi connectivity index (χ3n) is 4.05. The van der Waals surface area contributed by atoms with E-state index < -0.39 is 0 Å². The van der Waals surface area contributed by atoms with Crippen molar-refractivity contribution in [3.05, 3.63) is 34.2 Å². The number of imidazole rings is 1. The highest BCUT2D eigenvalue weighted by molar-refractivity contribution is 5.80. The molecule has 1 unspecified atom stereocenters. The molecule has 0 aliphatic carbocycles. The molecular formula is C14H19N3O. The van der Waals surface area contributed by atoms with Crippen LogP contribution in [0.1, 0.15) is 24.3 Å². The SMILES string of the molecule is Cn1c(=O)n(C)c2c(C3CCCNC3)cccc21. The lowest BCUT2D eigenvalue weighted by Crippen LogP contribution is -2.28. The summed E-state index contributed by atoms with van der Waals surface area (Å²) in [4.78, 5) is 12.0. The van der Waals surface area contributed by atoms with Crippen LogP contribution in [0.25, 0.3) is 11.0 Å². The third-order valence-corrected chi connectivity index (χ3v) is 4.05. The van der Waals surface area contributed by atoms with E-state index in [0.29, 0.717) is 5.92 Å². The molecule has 0 saturated carbocycles. The third kappa shape index (κ3) is 1.60. The number of para-hydroxylation sites is 1. The Morgan fingerprint density at radius 1 is 1.28 bits per heavy atom.